The molecule has 0 N–H and O–H groups in total. The molecular weight excluding hydrogens is 340 g/mol. The minimum Gasteiger partial charge on any atom is -0.469 e. The van der Waals surface area contributed by atoms with E-state index < -0.39 is 17.9 Å². The first-order valence-corrected chi connectivity index (χ1v) is 10.9. The van der Waals surface area contributed by atoms with Gasteiger partial charge in [-0.05, 0) is 6.42 Å². The highest BCUT2D eigenvalue weighted by atomic mass is 16.5. The lowest BCUT2D eigenvalue weighted by molar-refractivity contribution is -0.147. The molecule has 4 heteroatoms. The van der Waals surface area contributed by atoms with Crippen LogP contribution in [0.4, 0.5) is 0 Å². The highest BCUT2D eigenvalue weighted by Crippen LogP contribution is 2.21. The lowest BCUT2D eigenvalue weighted by Crippen LogP contribution is -2.23. The fourth-order valence-corrected chi connectivity index (χ4v) is 3.39. The number of unbranched alkanes of at least 4 members (excludes halogenated alkanes) is 13. The lowest BCUT2D eigenvalue weighted by atomic mass is 9.93. The number of rotatable bonds is 18. The first-order valence-electron chi connectivity index (χ1n) is 10.9. The zero-order valence-electron chi connectivity index (χ0n) is 18.0. The van der Waals surface area contributed by atoms with Crippen LogP contribution in [-0.4, -0.2) is 26.2 Å². The van der Waals surface area contributed by atoms with E-state index >= 15 is 0 Å². The molecule has 0 aromatic heterocycles. The number of hydrogen-bond donors (Lipinski definition) is 0. The van der Waals surface area contributed by atoms with Gasteiger partial charge < -0.3 is 9.47 Å². The van der Waals surface area contributed by atoms with Crippen molar-refractivity contribution in [1.29, 1.82) is 0 Å². The summed E-state index contributed by atoms with van der Waals surface area (Å²) in [7, 11) is 2.64. The number of esters is 2. The van der Waals surface area contributed by atoms with E-state index in [9.17, 15) is 9.59 Å². The fraction of sp³-hybridized carbons (Fsp3) is 0.826. The maximum atomic E-state index is 11.8. The highest BCUT2D eigenvalue weighted by molar-refractivity contribution is 5.94. The molecule has 1 unspecified atom stereocenters. The van der Waals surface area contributed by atoms with Crippen LogP contribution in [0.5, 0.6) is 0 Å². The smallest absolute Gasteiger partial charge is 0.334 e. The van der Waals surface area contributed by atoms with E-state index in [0.29, 0.717) is 6.42 Å². The quantitative estimate of drug-likeness (QED) is 0.157. The van der Waals surface area contributed by atoms with Crippen molar-refractivity contribution < 1.29 is 19.1 Å². The van der Waals surface area contributed by atoms with Crippen LogP contribution in [0.2, 0.25) is 0 Å². The molecule has 0 aliphatic carbocycles. The Balaban J connectivity index is 3.64. The molecule has 0 rings (SSSR count). The molecule has 4 nitrogen and oxygen atoms in total. The molecule has 0 saturated heterocycles. The van der Waals surface area contributed by atoms with Gasteiger partial charge in [-0.1, -0.05) is 103 Å². The Kier molecular flexibility index (Phi) is 17.2. The zero-order valence-corrected chi connectivity index (χ0v) is 18.0. The first-order chi connectivity index (χ1) is 13.1. The second-order valence-corrected chi connectivity index (χ2v) is 7.48. The van der Waals surface area contributed by atoms with Gasteiger partial charge in [0.05, 0.1) is 20.1 Å². The van der Waals surface area contributed by atoms with Crippen molar-refractivity contribution in [3.8, 4) is 0 Å². The molecule has 158 valence electrons. The number of carbonyl (C=O) groups is 2. The van der Waals surface area contributed by atoms with E-state index in [1.807, 2.05) is 0 Å². The summed E-state index contributed by atoms with van der Waals surface area (Å²) in [4.78, 5) is 23.4. The topological polar surface area (TPSA) is 52.6 Å². The van der Waals surface area contributed by atoms with E-state index in [4.69, 9.17) is 4.74 Å². The molecule has 27 heavy (non-hydrogen) atoms. The largest absolute Gasteiger partial charge is 0.469 e. The molecule has 0 radical (unpaired) electrons. The van der Waals surface area contributed by atoms with Crippen LogP contribution in [0.3, 0.4) is 0 Å². The Bertz CT molecular complexity index is 403. The van der Waals surface area contributed by atoms with Gasteiger partial charge in [0.15, 0.2) is 0 Å². The summed E-state index contributed by atoms with van der Waals surface area (Å²) in [5.41, 5.74) is 0.194. The third-order valence-electron chi connectivity index (χ3n) is 5.20. The average molecular weight is 383 g/mol. The molecule has 1 atom stereocenters. The van der Waals surface area contributed by atoms with Gasteiger partial charge in [0, 0.05) is 5.57 Å². The predicted octanol–water partition coefficient (Wildman–Crippen LogP) is 6.38. The summed E-state index contributed by atoms with van der Waals surface area (Å²) >= 11 is 0. The van der Waals surface area contributed by atoms with E-state index in [0.717, 1.165) is 12.8 Å². The minimum absolute atomic E-state index is 0.194. The number of hydrogen-bond acceptors (Lipinski definition) is 4. The van der Waals surface area contributed by atoms with Crippen LogP contribution in [-0.2, 0) is 19.1 Å². The van der Waals surface area contributed by atoms with Gasteiger partial charge in [0.25, 0.3) is 0 Å². The number of carbonyl (C=O) groups excluding carboxylic acids is 2. The van der Waals surface area contributed by atoms with Crippen LogP contribution in [0.1, 0.15) is 103 Å². The van der Waals surface area contributed by atoms with Crippen LogP contribution in [0.25, 0.3) is 0 Å². The zero-order chi connectivity index (χ0) is 20.3. The SMILES string of the molecule is C=C(C(=O)OC)C(CCCCCCCCCCCCCCCC)C(=O)OC. The van der Waals surface area contributed by atoms with E-state index in [-0.39, 0.29) is 5.57 Å². The first kappa shape index (κ1) is 25.7. The van der Waals surface area contributed by atoms with E-state index in [2.05, 4.69) is 18.2 Å². The molecule has 0 saturated carbocycles. The summed E-state index contributed by atoms with van der Waals surface area (Å²) in [6.07, 6.45) is 18.7. The Morgan fingerprint density at radius 1 is 0.704 bits per heavy atom. The summed E-state index contributed by atoms with van der Waals surface area (Å²) in [6.45, 7) is 5.96. The normalized spacial score (nSPS) is 11.8. The monoisotopic (exact) mass is 382 g/mol. The molecule has 0 amide bonds. The summed E-state index contributed by atoms with van der Waals surface area (Å²) in [6, 6.07) is 0. The van der Waals surface area contributed by atoms with Gasteiger partial charge in [0.2, 0.25) is 0 Å². The number of methoxy groups -OCH3 is 2. The maximum Gasteiger partial charge on any atom is 0.334 e. The van der Waals surface area contributed by atoms with Gasteiger partial charge in [-0.3, -0.25) is 4.79 Å². The summed E-state index contributed by atoms with van der Waals surface area (Å²) in [5, 5.41) is 0. The van der Waals surface area contributed by atoms with Gasteiger partial charge in [0.1, 0.15) is 0 Å². The molecule has 0 heterocycles. The molecule has 0 fully saturated rings. The Hall–Kier alpha value is -1.32. The predicted molar refractivity (Wildman–Crippen MR) is 112 cm³/mol. The fourth-order valence-electron chi connectivity index (χ4n) is 3.39. The standard InChI is InChI=1S/C23H42O4/c1-5-6-7-8-9-10-11-12-13-14-15-16-17-18-19-21(23(25)27-4)20(2)22(24)26-3/h21H,2,5-19H2,1,3-4H3. The van der Waals surface area contributed by atoms with Crippen molar-refractivity contribution in [3.05, 3.63) is 12.2 Å². The molecule has 0 aliphatic rings. The maximum absolute atomic E-state index is 11.8. The number of ether oxygens (including phenoxy) is 2. The molecular formula is C23H42O4. The van der Waals surface area contributed by atoms with Gasteiger partial charge in [-0.15, -0.1) is 0 Å². The van der Waals surface area contributed by atoms with Crippen LogP contribution < -0.4 is 0 Å². The van der Waals surface area contributed by atoms with Crippen molar-refractivity contribution in [2.75, 3.05) is 14.2 Å². The van der Waals surface area contributed by atoms with E-state index in [1.54, 1.807) is 0 Å². The Morgan fingerprint density at radius 2 is 1.11 bits per heavy atom. The molecule has 0 aliphatic heterocycles. The van der Waals surface area contributed by atoms with Crippen molar-refractivity contribution in [1.82, 2.24) is 0 Å². The van der Waals surface area contributed by atoms with Gasteiger partial charge in [-0.25, -0.2) is 4.79 Å². The van der Waals surface area contributed by atoms with Crippen molar-refractivity contribution in [2.45, 2.75) is 103 Å². The van der Waals surface area contributed by atoms with Crippen LogP contribution >= 0.6 is 0 Å². The highest BCUT2D eigenvalue weighted by Gasteiger charge is 2.27. The Labute approximate surface area is 167 Å². The van der Waals surface area contributed by atoms with Gasteiger partial charge in [-0.2, -0.15) is 0 Å². The average Bonchev–Trinajstić information content (AvgIpc) is 2.69. The van der Waals surface area contributed by atoms with Gasteiger partial charge >= 0.3 is 11.9 Å². The minimum atomic E-state index is -0.584. The summed E-state index contributed by atoms with van der Waals surface area (Å²) < 4.78 is 9.46. The van der Waals surface area contributed by atoms with Crippen molar-refractivity contribution in [2.24, 2.45) is 5.92 Å². The third kappa shape index (κ3) is 13.5. The van der Waals surface area contributed by atoms with E-state index in [1.165, 1.54) is 91.3 Å². The molecule has 0 bridgehead atoms. The van der Waals surface area contributed by atoms with Crippen molar-refractivity contribution in [3.63, 3.8) is 0 Å². The molecule has 0 aromatic carbocycles. The van der Waals surface area contributed by atoms with Crippen molar-refractivity contribution >= 4 is 11.9 Å². The third-order valence-corrected chi connectivity index (χ3v) is 5.20. The molecule has 0 spiro atoms. The Morgan fingerprint density at radius 3 is 1.48 bits per heavy atom. The summed E-state index contributed by atoms with van der Waals surface area (Å²) in [5.74, 6) is -1.52. The molecule has 0 aromatic rings. The lowest BCUT2D eigenvalue weighted by Gasteiger charge is -2.15. The van der Waals surface area contributed by atoms with Crippen LogP contribution in [0, 0.1) is 5.92 Å². The van der Waals surface area contributed by atoms with Crippen LogP contribution in [0.15, 0.2) is 12.2 Å². The second-order valence-electron chi connectivity index (χ2n) is 7.48. The second kappa shape index (κ2) is 18.1.